The molecular weight excluding hydrogens is 1020 g/mol. The molecule has 0 saturated carbocycles. The minimum Gasteiger partial charge on any atom is -0.462 e. The lowest BCUT2D eigenvalue weighted by Gasteiger charge is -2.18. The van der Waals surface area contributed by atoms with Crippen LogP contribution >= 0.6 is 0 Å². The van der Waals surface area contributed by atoms with E-state index in [1.54, 1.807) is 0 Å². The standard InChI is InChI=1S/C77H132O6/c1-4-7-10-13-16-19-22-25-27-29-30-31-32-33-34-35-36-37-38-39-40-41-42-43-44-45-46-48-49-52-55-58-61-64-67-70-76(79)82-73-74(72-81-75(78)69-66-63-60-57-54-51-24-21-18-15-12-9-6-3)83-77(80)71-68-65-62-59-56-53-50-47-28-26-23-20-17-14-11-8-5-2/h8-9,11-12,17-18,20-22,25-26,28-30,51,54,60,63,74H,4-7,10,13-16,19,23-24,27,31-50,52-53,55-59,61-62,64-73H2,1-3H3/b11-8-,12-9-,20-17-,21-18-,25-22-,28-26-,30-29-,54-51-,63-60-. The van der Waals surface area contributed by atoms with Crippen molar-refractivity contribution in [2.24, 2.45) is 0 Å². The fraction of sp³-hybridized carbons (Fsp3) is 0.727. The van der Waals surface area contributed by atoms with Gasteiger partial charge in [-0.25, -0.2) is 0 Å². The van der Waals surface area contributed by atoms with Crippen LogP contribution in [0.15, 0.2) is 109 Å². The van der Waals surface area contributed by atoms with Crippen molar-refractivity contribution in [1.82, 2.24) is 0 Å². The normalized spacial score (nSPS) is 12.8. The van der Waals surface area contributed by atoms with Crippen molar-refractivity contribution in [2.75, 3.05) is 13.2 Å². The van der Waals surface area contributed by atoms with E-state index in [2.05, 4.69) is 124 Å². The molecule has 0 spiro atoms. The van der Waals surface area contributed by atoms with E-state index in [-0.39, 0.29) is 37.5 Å². The number of hydrogen-bond donors (Lipinski definition) is 0. The Labute approximate surface area is 514 Å². The number of ether oxygens (including phenoxy) is 3. The van der Waals surface area contributed by atoms with Crippen LogP contribution in [-0.2, 0) is 28.6 Å². The monoisotopic (exact) mass is 1150 g/mol. The molecule has 0 saturated heterocycles. The summed E-state index contributed by atoms with van der Waals surface area (Å²) in [5, 5.41) is 0. The zero-order chi connectivity index (χ0) is 59.9. The lowest BCUT2D eigenvalue weighted by atomic mass is 10.0. The van der Waals surface area contributed by atoms with E-state index in [9.17, 15) is 14.4 Å². The van der Waals surface area contributed by atoms with Crippen LogP contribution in [-0.4, -0.2) is 37.2 Å². The van der Waals surface area contributed by atoms with E-state index < -0.39 is 6.10 Å². The quantitative estimate of drug-likeness (QED) is 0.0261. The Morgan fingerprint density at radius 2 is 0.494 bits per heavy atom. The van der Waals surface area contributed by atoms with Crippen molar-refractivity contribution in [2.45, 2.75) is 348 Å². The minimum absolute atomic E-state index is 0.102. The molecule has 0 amide bonds. The predicted octanol–water partition coefficient (Wildman–Crippen LogP) is 24.6. The van der Waals surface area contributed by atoms with E-state index in [1.165, 1.54) is 199 Å². The van der Waals surface area contributed by atoms with Gasteiger partial charge in [0.2, 0.25) is 0 Å². The first-order valence-electron chi connectivity index (χ1n) is 35.4. The molecule has 0 aromatic heterocycles. The number of rotatable bonds is 64. The first kappa shape index (κ1) is 79.1. The molecule has 0 aromatic rings. The molecule has 0 aliphatic carbocycles. The van der Waals surface area contributed by atoms with Crippen LogP contribution < -0.4 is 0 Å². The van der Waals surface area contributed by atoms with Crippen molar-refractivity contribution in [3.05, 3.63) is 109 Å². The van der Waals surface area contributed by atoms with Crippen LogP contribution in [0, 0.1) is 0 Å². The summed E-state index contributed by atoms with van der Waals surface area (Å²) in [5.41, 5.74) is 0. The van der Waals surface area contributed by atoms with Crippen LogP contribution in [0.1, 0.15) is 342 Å². The molecule has 1 unspecified atom stereocenters. The van der Waals surface area contributed by atoms with Gasteiger partial charge in [0.1, 0.15) is 13.2 Å². The van der Waals surface area contributed by atoms with Gasteiger partial charge in [-0.1, -0.05) is 323 Å². The van der Waals surface area contributed by atoms with Gasteiger partial charge in [-0.3, -0.25) is 14.4 Å². The summed E-state index contributed by atoms with van der Waals surface area (Å²) in [6.45, 7) is 6.36. The number of allylic oxidation sites excluding steroid dienone is 18. The van der Waals surface area contributed by atoms with Gasteiger partial charge in [0.15, 0.2) is 6.10 Å². The SMILES string of the molecule is CC/C=C\C/C=C\C/C=C\C/C=C\CCC(=O)OCC(COC(=O)CCCCCCCCCCCCCCCCCCCCCCCCC/C=C\C/C=C\CCCCCCC)OC(=O)CCCCCCCCC/C=C\C/C=C\C/C=C\CC. The highest BCUT2D eigenvalue weighted by molar-refractivity contribution is 5.71. The summed E-state index contributed by atoms with van der Waals surface area (Å²) in [5.74, 6) is -0.987. The second-order valence-corrected chi connectivity index (χ2v) is 23.4. The van der Waals surface area contributed by atoms with Crippen molar-refractivity contribution in [3.8, 4) is 0 Å². The molecule has 0 heterocycles. The highest BCUT2D eigenvalue weighted by Crippen LogP contribution is 2.18. The van der Waals surface area contributed by atoms with Gasteiger partial charge in [-0.15, -0.1) is 0 Å². The van der Waals surface area contributed by atoms with Crippen LogP contribution in [0.2, 0.25) is 0 Å². The van der Waals surface area contributed by atoms with Gasteiger partial charge < -0.3 is 14.2 Å². The van der Waals surface area contributed by atoms with Gasteiger partial charge in [-0.2, -0.15) is 0 Å². The maximum atomic E-state index is 12.9. The smallest absolute Gasteiger partial charge is 0.306 e. The van der Waals surface area contributed by atoms with Crippen LogP contribution in [0.4, 0.5) is 0 Å². The Morgan fingerprint density at radius 1 is 0.253 bits per heavy atom. The van der Waals surface area contributed by atoms with Gasteiger partial charge in [0.25, 0.3) is 0 Å². The maximum absolute atomic E-state index is 12.9. The highest BCUT2D eigenvalue weighted by atomic mass is 16.6. The largest absolute Gasteiger partial charge is 0.462 e. The number of carbonyl (C=O) groups is 3. The molecule has 0 N–H and O–H groups in total. The van der Waals surface area contributed by atoms with Gasteiger partial charge >= 0.3 is 17.9 Å². The van der Waals surface area contributed by atoms with Crippen LogP contribution in [0.25, 0.3) is 0 Å². The molecule has 6 heteroatoms. The van der Waals surface area contributed by atoms with E-state index in [4.69, 9.17) is 14.2 Å². The summed E-state index contributed by atoms with van der Waals surface area (Å²) >= 11 is 0. The average molecular weight is 1150 g/mol. The summed E-state index contributed by atoms with van der Waals surface area (Å²) in [6.07, 6.45) is 97.3. The molecule has 0 aliphatic heterocycles. The summed E-state index contributed by atoms with van der Waals surface area (Å²) < 4.78 is 16.9. The van der Waals surface area contributed by atoms with E-state index in [0.29, 0.717) is 19.3 Å². The molecule has 0 rings (SSSR count). The number of esters is 3. The molecule has 6 nitrogen and oxygen atoms in total. The third-order valence-corrected chi connectivity index (χ3v) is 15.3. The number of carbonyl (C=O) groups excluding carboxylic acids is 3. The maximum Gasteiger partial charge on any atom is 0.306 e. The Kier molecular flexibility index (Phi) is 67.2. The molecule has 0 bridgehead atoms. The zero-order valence-electron chi connectivity index (χ0n) is 54.7. The molecule has 0 radical (unpaired) electrons. The highest BCUT2D eigenvalue weighted by Gasteiger charge is 2.19. The first-order valence-corrected chi connectivity index (χ1v) is 35.4. The summed E-state index contributed by atoms with van der Waals surface area (Å²) in [4.78, 5) is 38.3. The van der Waals surface area contributed by atoms with Crippen molar-refractivity contribution < 1.29 is 28.6 Å². The van der Waals surface area contributed by atoms with Crippen LogP contribution in [0.5, 0.6) is 0 Å². The number of hydrogen-bond acceptors (Lipinski definition) is 6. The zero-order valence-corrected chi connectivity index (χ0v) is 54.7. The third-order valence-electron chi connectivity index (χ3n) is 15.3. The Balaban J connectivity index is 4.14. The van der Waals surface area contributed by atoms with E-state index >= 15 is 0 Å². The topological polar surface area (TPSA) is 78.9 Å². The summed E-state index contributed by atoms with van der Waals surface area (Å²) in [6, 6.07) is 0. The van der Waals surface area contributed by atoms with Crippen LogP contribution in [0.3, 0.4) is 0 Å². The Bertz CT molecular complexity index is 1660. The second kappa shape index (κ2) is 70.6. The Hall–Kier alpha value is -3.93. The van der Waals surface area contributed by atoms with Crippen molar-refractivity contribution in [1.29, 1.82) is 0 Å². The predicted molar refractivity (Wildman–Crippen MR) is 362 cm³/mol. The minimum atomic E-state index is -0.813. The van der Waals surface area contributed by atoms with Gasteiger partial charge in [0.05, 0.1) is 0 Å². The average Bonchev–Trinajstić information content (AvgIpc) is 3.49. The molecule has 476 valence electrons. The molecule has 0 aliphatic rings. The molecule has 1 atom stereocenters. The molecule has 83 heavy (non-hydrogen) atoms. The second-order valence-electron chi connectivity index (χ2n) is 23.4. The first-order chi connectivity index (χ1) is 41.0. The third kappa shape index (κ3) is 68.7. The van der Waals surface area contributed by atoms with Gasteiger partial charge in [-0.05, 0) is 109 Å². The van der Waals surface area contributed by atoms with E-state index in [1.807, 2.05) is 6.08 Å². The number of unbranched alkanes of at least 4 members (excludes halogenated alkanes) is 35. The fourth-order valence-electron chi connectivity index (χ4n) is 10.0. The molecular formula is C77H132O6. The lowest BCUT2D eigenvalue weighted by molar-refractivity contribution is -0.166. The molecule has 0 fully saturated rings. The molecule has 0 aromatic carbocycles. The summed E-state index contributed by atoms with van der Waals surface area (Å²) in [7, 11) is 0. The lowest BCUT2D eigenvalue weighted by Crippen LogP contribution is -2.30. The fourth-order valence-corrected chi connectivity index (χ4v) is 10.0. The Morgan fingerprint density at radius 3 is 0.807 bits per heavy atom. The van der Waals surface area contributed by atoms with E-state index in [0.717, 1.165) is 96.3 Å². The van der Waals surface area contributed by atoms with Crippen molar-refractivity contribution >= 4 is 17.9 Å². The van der Waals surface area contributed by atoms with Crippen molar-refractivity contribution in [3.63, 3.8) is 0 Å². The van der Waals surface area contributed by atoms with Gasteiger partial charge in [0, 0.05) is 19.3 Å².